The highest BCUT2D eigenvalue weighted by Crippen LogP contribution is 2.19. The third-order valence-electron chi connectivity index (χ3n) is 2.25. The smallest absolute Gasteiger partial charge is 0.310 e. The summed E-state index contributed by atoms with van der Waals surface area (Å²) in [6.45, 7) is 2.13. The second kappa shape index (κ2) is 6.58. The lowest BCUT2D eigenvalue weighted by atomic mass is 10.0. The molecule has 4 nitrogen and oxygen atoms in total. The van der Waals surface area contributed by atoms with Gasteiger partial charge in [0.1, 0.15) is 5.75 Å². The van der Waals surface area contributed by atoms with Crippen LogP contribution < -0.4 is 4.74 Å². The highest BCUT2D eigenvalue weighted by Gasteiger charge is 2.08. The summed E-state index contributed by atoms with van der Waals surface area (Å²) in [6, 6.07) is 5.30. The molecule has 0 atom stereocenters. The molecule has 0 aromatic heterocycles. The summed E-state index contributed by atoms with van der Waals surface area (Å²) < 4.78 is 9.96. The van der Waals surface area contributed by atoms with Gasteiger partial charge in [-0.05, 0) is 36.3 Å². The maximum atomic E-state index is 11.4. The normalized spacial score (nSPS) is 10.5. The second-order valence-corrected chi connectivity index (χ2v) is 3.36. The standard InChI is InChI=1S/C13H16O4/c1-3-17-13(15)9-10-4-5-12(16-2)8-11(10)6-7-14/h4-8,14H,3,9H2,1-2H3. The van der Waals surface area contributed by atoms with Crippen LogP contribution >= 0.6 is 0 Å². The van der Waals surface area contributed by atoms with Gasteiger partial charge in [0.15, 0.2) is 0 Å². The Morgan fingerprint density at radius 2 is 2.24 bits per heavy atom. The van der Waals surface area contributed by atoms with E-state index in [-0.39, 0.29) is 12.4 Å². The van der Waals surface area contributed by atoms with Gasteiger partial charge in [-0.3, -0.25) is 4.79 Å². The van der Waals surface area contributed by atoms with Crippen molar-refractivity contribution in [3.63, 3.8) is 0 Å². The number of aliphatic hydroxyl groups excluding tert-OH is 1. The molecule has 0 fully saturated rings. The van der Waals surface area contributed by atoms with Gasteiger partial charge < -0.3 is 14.6 Å². The summed E-state index contributed by atoms with van der Waals surface area (Å²) in [4.78, 5) is 11.4. The molecular weight excluding hydrogens is 220 g/mol. The molecule has 17 heavy (non-hydrogen) atoms. The predicted octanol–water partition coefficient (Wildman–Crippen LogP) is 2.33. The van der Waals surface area contributed by atoms with Crippen molar-refractivity contribution in [2.45, 2.75) is 13.3 Å². The minimum absolute atomic E-state index is 0.178. The van der Waals surface area contributed by atoms with Gasteiger partial charge in [0.2, 0.25) is 0 Å². The average Bonchev–Trinajstić information content (AvgIpc) is 2.32. The number of carbonyl (C=O) groups is 1. The fourth-order valence-corrected chi connectivity index (χ4v) is 1.46. The molecule has 0 radical (unpaired) electrons. The van der Waals surface area contributed by atoms with E-state index in [2.05, 4.69) is 0 Å². The van der Waals surface area contributed by atoms with Gasteiger partial charge in [-0.1, -0.05) is 6.07 Å². The first kappa shape index (κ1) is 13.1. The zero-order chi connectivity index (χ0) is 12.7. The van der Waals surface area contributed by atoms with Gasteiger partial charge in [0.25, 0.3) is 0 Å². The number of rotatable bonds is 5. The predicted molar refractivity (Wildman–Crippen MR) is 65.0 cm³/mol. The van der Waals surface area contributed by atoms with Crippen LogP contribution in [-0.2, 0) is 16.0 Å². The Labute approximate surface area is 100 Å². The molecule has 92 valence electrons. The van der Waals surface area contributed by atoms with E-state index >= 15 is 0 Å². The minimum atomic E-state index is -0.287. The lowest BCUT2D eigenvalue weighted by molar-refractivity contribution is -0.142. The molecule has 0 saturated heterocycles. The number of benzene rings is 1. The molecule has 0 aliphatic heterocycles. The van der Waals surface area contributed by atoms with Crippen molar-refractivity contribution in [2.75, 3.05) is 13.7 Å². The van der Waals surface area contributed by atoms with E-state index in [1.54, 1.807) is 32.2 Å². The summed E-state index contributed by atoms with van der Waals surface area (Å²) in [6.07, 6.45) is 2.62. The van der Waals surface area contributed by atoms with E-state index in [9.17, 15) is 4.79 Å². The zero-order valence-electron chi connectivity index (χ0n) is 9.97. The van der Waals surface area contributed by atoms with Crippen LogP contribution in [0, 0.1) is 0 Å². The number of aliphatic hydroxyl groups is 1. The highest BCUT2D eigenvalue weighted by atomic mass is 16.5. The lowest BCUT2D eigenvalue weighted by Crippen LogP contribution is -2.08. The third-order valence-corrected chi connectivity index (χ3v) is 2.25. The van der Waals surface area contributed by atoms with Crippen LogP contribution in [0.4, 0.5) is 0 Å². The van der Waals surface area contributed by atoms with Crippen molar-refractivity contribution in [2.24, 2.45) is 0 Å². The Morgan fingerprint density at radius 1 is 1.47 bits per heavy atom. The van der Waals surface area contributed by atoms with E-state index in [0.29, 0.717) is 12.4 Å². The fraction of sp³-hybridized carbons (Fsp3) is 0.308. The Hall–Kier alpha value is -1.97. The van der Waals surface area contributed by atoms with Gasteiger partial charge in [0, 0.05) is 0 Å². The first-order chi connectivity index (χ1) is 8.21. The van der Waals surface area contributed by atoms with Crippen molar-refractivity contribution < 1.29 is 19.4 Å². The van der Waals surface area contributed by atoms with Crippen LogP contribution in [0.15, 0.2) is 24.5 Å². The minimum Gasteiger partial charge on any atom is -0.516 e. The molecule has 0 saturated carbocycles. The molecule has 0 amide bonds. The number of hydrogen-bond acceptors (Lipinski definition) is 4. The van der Waals surface area contributed by atoms with Crippen molar-refractivity contribution in [1.82, 2.24) is 0 Å². The van der Waals surface area contributed by atoms with Crippen LogP contribution in [0.5, 0.6) is 5.75 Å². The lowest BCUT2D eigenvalue weighted by Gasteiger charge is -2.08. The molecule has 1 aromatic rings. The molecule has 1 N–H and O–H groups in total. The molecule has 0 spiro atoms. The third kappa shape index (κ3) is 3.83. The van der Waals surface area contributed by atoms with Crippen molar-refractivity contribution in [3.8, 4) is 5.75 Å². The molecule has 0 heterocycles. The van der Waals surface area contributed by atoms with Crippen LogP contribution in [-0.4, -0.2) is 24.8 Å². The first-order valence-electron chi connectivity index (χ1n) is 5.34. The topological polar surface area (TPSA) is 55.8 Å². The fourth-order valence-electron chi connectivity index (χ4n) is 1.46. The van der Waals surface area contributed by atoms with Crippen molar-refractivity contribution in [3.05, 3.63) is 35.6 Å². The Bertz CT molecular complexity index is 410. The van der Waals surface area contributed by atoms with E-state index in [0.717, 1.165) is 17.4 Å². The molecule has 0 bridgehead atoms. The second-order valence-electron chi connectivity index (χ2n) is 3.36. The van der Waals surface area contributed by atoms with Crippen LogP contribution in [0.25, 0.3) is 6.08 Å². The van der Waals surface area contributed by atoms with E-state index in [1.807, 2.05) is 0 Å². The molecule has 0 aliphatic rings. The number of methoxy groups -OCH3 is 1. The van der Waals surface area contributed by atoms with Gasteiger partial charge in [-0.2, -0.15) is 0 Å². The Morgan fingerprint density at radius 3 is 2.82 bits per heavy atom. The monoisotopic (exact) mass is 236 g/mol. The molecule has 0 unspecified atom stereocenters. The Kier molecular flexibility index (Phi) is 5.07. The summed E-state index contributed by atoms with van der Waals surface area (Å²) in [5.74, 6) is 0.385. The number of ether oxygens (including phenoxy) is 2. The number of hydrogen-bond donors (Lipinski definition) is 1. The summed E-state index contributed by atoms with van der Waals surface area (Å²) in [7, 11) is 1.56. The van der Waals surface area contributed by atoms with Gasteiger partial charge >= 0.3 is 5.97 Å². The highest BCUT2D eigenvalue weighted by molar-refractivity contribution is 5.74. The van der Waals surface area contributed by atoms with E-state index in [4.69, 9.17) is 14.6 Å². The van der Waals surface area contributed by atoms with Crippen LogP contribution in [0.3, 0.4) is 0 Å². The number of esters is 1. The molecule has 0 aliphatic carbocycles. The van der Waals surface area contributed by atoms with Crippen LogP contribution in [0.2, 0.25) is 0 Å². The summed E-state index contributed by atoms with van der Waals surface area (Å²) in [5, 5.41) is 8.81. The summed E-state index contributed by atoms with van der Waals surface area (Å²) >= 11 is 0. The first-order valence-corrected chi connectivity index (χ1v) is 5.34. The average molecular weight is 236 g/mol. The van der Waals surface area contributed by atoms with Gasteiger partial charge in [-0.15, -0.1) is 0 Å². The molecular formula is C13H16O4. The van der Waals surface area contributed by atoms with Crippen molar-refractivity contribution >= 4 is 12.0 Å². The maximum Gasteiger partial charge on any atom is 0.310 e. The molecule has 1 aromatic carbocycles. The maximum absolute atomic E-state index is 11.4. The summed E-state index contributed by atoms with van der Waals surface area (Å²) in [5.41, 5.74) is 1.52. The van der Waals surface area contributed by atoms with Crippen molar-refractivity contribution in [1.29, 1.82) is 0 Å². The largest absolute Gasteiger partial charge is 0.516 e. The van der Waals surface area contributed by atoms with Gasteiger partial charge in [-0.25, -0.2) is 0 Å². The quantitative estimate of drug-likeness (QED) is 0.629. The zero-order valence-corrected chi connectivity index (χ0v) is 9.97. The van der Waals surface area contributed by atoms with Crippen LogP contribution in [0.1, 0.15) is 18.1 Å². The van der Waals surface area contributed by atoms with E-state index in [1.165, 1.54) is 6.08 Å². The Balaban J connectivity index is 2.93. The molecule has 1 rings (SSSR count). The number of carbonyl (C=O) groups excluding carboxylic acids is 1. The SMILES string of the molecule is CCOC(=O)Cc1ccc(OC)cc1C=CO. The van der Waals surface area contributed by atoms with E-state index < -0.39 is 0 Å². The van der Waals surface area contributed by atoms with Gasteiger partial charge in [0.05, 0.1) is 26.4 Å². The molecule has 4 heteroatoms.